The van der Waals surface area contributed by atoms with E-state index in [2.05, 4.69) is 10.6 Å². The van der Waals surface area contributed by atoms with Crippen LogP contribution in [-0.4, -0.2) is 11.9 Å². The number of nitrogens with two attached hydrogens (primary N) is 1. The third-order valence-corrected chi connectivity index (χ3v) is 3.36. The largest absolute Gasteiger partial charge is 0.351 e. The normalized spacial score (nSPS) is 11.5. The molecule has 5 nitrogen and oxygen atoms in total. The Bertz CT molecular complexity index is 686. The zero-order valence-electron chi connectivity index (χ0n) is 12.0. The fourth-order valence-corrected chi connectivity index (χ4v) is 2.12. The minimum atomic E-state index is -0.674. The van der Waals surface area contributed by atoms with Crippen LogP contribution >= 0.6 is 11.6 Å². The average Bonchev–Trinajstić information content (AvgIpc) is 2.47. The highest BCUT2D eigenvalue weighted by atomic mass is 35.5. The molecule has 114 valence electrons. The second-order valence-electron chi connectivity index (χ2n) is 4.82. The standard InChI is InChI=1S/C16H16ClN3O2/c1-10(11-5-7-13(17)8-6-11)19-15(21)12-3-2-4-14(9-12)20-16(18)22/h2-10H,1H3,(H,19,21)(H3,18,20,22)/t10-/m1/s1. The molecule has 22 heavy (non-hydrogen) atoms. The Balaban J connectivity index is 2.08. The number of rotatable bonds is 4. The number of amides is 3. The summed E-state index contributed by atoms with van der Waals surface area (Å²) < 4.78 is 0. The van der Waals surface area contributed by atoms with Crippen LogP contribution < -0.4 is 16.4 Å². The summed E-state index contributed by atoms with van der Waals surface area (Å²) in [7, 11) is 0. The Labute approximate surface area is 133 Å². The van der Waals surface area contributed by atoms with Gasteiger partial charge in [0.1, 0.15) is 0 Å². The van der Waals surface area contributed by atoms with Crippen LogP contribution in [0, 0.1) is 0 Å². The van der Waals surface area contributed by atoms with Crippen LogP contribution in [0.2, 0.25) is 5.02 Å². The first kappa shape index (κ1) is 15.9. The van der Waals surface area contributed by atoms with Crippen LogP contribution in [-0.2, 0) is 0 Å². The van der Waals surface area contributed by atoms with E-state index in [1.807, 2.05) is 19.1 Å². The van der Waals surface area contributed by atoms with Crippen molar-refractivity contribution < 1.29 is 9.59 Å². The van der Waals surface area contributed by atoms with Crippen molar-refractivity contribution in [3.63, 3.8) is 0 Å². The Morgan fingerprint density at radius 3 is 2.45 bits per heavy atom. The topological polar surface area (TPSA) is 84.2 Å². The molecule has 0 saturated carbocycles. The molecule has 2 aromatic carbocycles. The van der Waals surface area contributed by atoms with Crippen LogP contribution in [0.25, 0.3) is 0 Å². The summed E-state index contributed by atoms with van der Waals surface area (Å²) >= 11 is 5.84. The van der Waals surface area contributed by atoms with E-state index in [0.29, 0.717) is 16.3 Å². The quantitative estimate of drug-likeness (QED) is 0.808. The maximum absolute atomic E-state index is 12.3. The van der Waals surface area contributed by atoms with Crippen molar-refractivity contribution in [2.24, 2.45) is 5.73 Å². The lowest BCUT2D eigenvalue weighted by atomic mass is 10.1. The van der Waals surface area contributed by atoms with Gasteiger partial charge in [-0.25, -0.2) is 4.79 Å². The van der Waals surface area contributed by atoms with Crippen molar-refractivity contribution in [1.29, 1.82) is 0 Å². The van der Waals surface area contributed by atoms with Gasteiger partial charge in [-0.3, -0.25) is 4.79 Å². The number of primary amides is 1. The molecule has 2 rings (SSSR count). The maximum Gasteiger partial charge on any atom is 0.316 e. The van der Waals surface area contributed by atoms with Crippen LogP contribution in [0.1, 0.15) is 28.9 Å². The van der Waals surface area contributed by atoms with Crippen molar-refractivity contribution in [2.45, 2.75) is 13.0 Å². The minimum absolute atomic E-state index is 0.169. The molecule has 0 fully saturated rings. The molecule has 2 aromatic rings. The minimum Gasteiger partial charge on any atom is -0.351 e. The van der Waals surface area contributed by atoms with Crippen LogP contribution in [0.15, 0.2) is 48.5 Å². The molecule has 1 atom stereocenters. The lowest BCUT2D eigenvalue weighted by molar-refractivity contribution is 0.0940. The molecule has 0 heterocycles. The zero-order valence-corrected chi connectivity index (χ0v) is 12.7. The van der Waals surface area contributed by atoms with Gasteiger partial charge in [0.2, 0.25) is 0 Å². The predicted octanol–water partition coefficient (Wildman–Crippen LogP) is 3.32. The number of carbonyl (C=O) groups is 2. The SMILES string of the molecule is C[C@@H](NC(=O)c1cccc(NC(N)=O)c1)c1ccc(Cl)cc1. The molecule has 0 aliphatic heterocycles. The fourth-order valence-electron chi connectivity index (χ4n) is 2.00. The zero-order chi connectivity index (χ0) is 16.1. The lowest BCUT2D eigenvalue weighted by Crippen LogP contribution is -2.27. The summed E-state index contributed by atoms with van der Waals surface area (Å²) in [4.78, 5) is 23.1. The van der Waals surface area contributed by atoms with Crippen LogP contribution in [0.5, 0.6) is 0 Å². The highest BCUT2D eigenvalue weighted by molar-refractivity contribution is 6.30. The van der Waals surface area contributed by atoms with E-state index in [1.165, 1.54) is 0 Å². The molecule has 0 unspecified atom stereocenters. The van der Waals surface area contributed by atoms with Crippen LogP contribution in [0.3, 0.4) is 0 Å². The summed E-state index contributed by atoms with van der Waals surface area (Å²) in [6.07, 6.45) is 0. The van der Waals surface area contributed by atoms with E-state index >= 15 is 0 Å². The van der Waals surface area contributed by atoms with Gasteiger partial charge in [0.15, 0.2) is 0 Å². The summed E-state index contributed by atoms with van der Waals surface area (Å²) in [5, 5.41) is 5.97. The number of hydrogen-bond acceptors (Lipinski definition) is 2. The van der Waals surface area contributed by atoms with E-state index in [4.69, 9.17) is 17.3 Å². The van der Waals surface area contributed by atoms with Gasteiger partial charge >= 0.3 is 6.03 Å². The third kappa shape index (κ3) is 4.23. The Morgan fingerprint density at radius 1 is 1.14 bits per heavy atom. The molecule has 0 aromatic heterocycles. The highest BCUT2D eigenvalue weighted by Crippen LogP contribution is 2.17. The second kappa shape index (κ2) is 6.95. The molecular formula is C16H16ClN3O2. The van der Waals surface area contributed by atoms with Crippen LogP contribution in [0.4, 0.5) is 10.5 Å². The number of urea groups is 1. The van der Waals surface area contributed by atoms with E-state index in [9.17, 15) is 9.59 Å². The molecule has 0 aliphatic carbocycles. The summed E-state index contributed by atoms with van der Waals surface area (Å²) in [5.74, 6) is -0.240. The molecule has 3 amide bonds. The molecule has 0 aliphatic rings. The van der Waals surface area contributed by atoms with Gasteiger partial charge in [0.05, 0.1) is 6.04 Å². The van der Waals surface area contributed by atoms with Gasteiger partial charge in [-0.05, 0) is 42.8 Å². The second-order valence-corrected chi connectivity index (χ2v) is 5.25. The number of hydrogen-bond donors (Lipinski definition) is 3. The number of nitrogens with one attached hydrogen (secondary N) is 2. The van der Waals surface area contributed by atoms with E-state index in [-0.39, 0.29) is 11.9 Å². The van der Waals surface area contributed by atoms with Gasteiger partial charge in [-0.2, -0.15) is 0 Å². The van der Waals surface area contributed by atoms with Gasteiger partial charge < -0.3 is 16.4 Å². The summed E-state index contributed by atoms with van der Waals surface area (Å²) in [6.45, 7) is 1.88. The molecule has 6 heteroatoms. The number of benzene rings is 2. The van der Waals surface area contributed by atoms with Crippen molar-refractivity contribution >= 4 is 29.2 Å². The van der Waals surface area contributed by atoms with E-state index in [1.54, 1.807) is 36.4 Å². The Kier molecular flexibility index (Phi) is 5.01. The summed E-state index contributed by atoms with van der Waals surface area (Å²) in [5.41, 5.74) is 6.92. The van der Waals surface area contributed by atoms with Gasteiger partial charge in [0.25, 0.3) is 5.91 Å². The maximum atomic E-state index is 12.3. The van der Waals surface area contributed by atoms with Crippen molar-refractivity contribution in [3.8, 4) is 0 Å². The first-order chi connectivity index (χ1) is 10.5. The fraction of sp³-hybridized carbons (Fsp3) is 0.125. The summed E-state index contributed by atoms with van der Waals surface area (Å²) in [6, 6.07) is 13.0. The molecular weight excluding hydrogens is 302 g/mol. The number of carbonyl (C=O) groups excluding carboxylic acids is 2. The number of halogens is 1. The van der Waals surface area contributed by atoms with Crippen molar-refractivity contribution in [2.75, 3.05) is 5.32 Å². The Hall–Kier alpha value is -2.53. The Morgan fingerprint density at radius 2 is 1.82 bits per heavy atom. The van der Waals surface area contributed by atoms with E-state index < -0.39 is 6.03 Å². The smallest absolute Gasteiger partial charge is 0.316 e. The number of anilines is 1. The van der Waals surface area contributed by atoms with Crippen molar-refractivity contribution in [1.82, 2.24) is 5.32 Å². The molecule has 0 radical (unpaired) electrons. The predicted molar refractivity (Wildman–Crippen MR) is 87.0 cm³/mol. The van der Waals surface area contributed by atoms with Gasteiger partial charge in [0, 0.05) is 16.3 Å². The monoisotopic (exact) mass is 317 g/mol. The molecule has 0 saturated heterocycles. The highest BCUT2D eigenvalue weighted by Gasteiger charge is 2.12. The van der Waals surface area contributed by atoms with Gasteiger partial charge in [-0.1, -0.05) is 29.8 Å². The molecule has 4 N–H and O–H groups in total. The molecule has 0 spiro atoms. The third-order valence-electron chi connectivity index (χ3n) is 3.11. The first-order valence-corrected chi connectivity index (χ1v) is 7.06. The average molecular weight is 318 g/mol. The van der Waals surface area contributed by atoms with E-state index in [0.717, 1.165) is 5.56 Å². The van der Waals surface area contributed by atoms with Crippen molar-refractivity contribution in [3.05, 3.63) is 64.7 Å². The lowest BCUT2D eigenvalue weighted by Gasteiger charge is -2.15. The first-order valence-electron chi connectivity index (χ1n) is 6.68. The molecule has 0 bridgehead atoms. The van der Waals surface area contributed by atoms with Gasteiger partial charge in [-0.15, -0.1) is 0 Å².